The van der Waals surface area contributed by atoms with Crippen LogP contribution in [0.4, 0.5) is 33.7 Å². The van der Waals surface area contributed by atoms with Crippen LogP contribution in [0.2, 0.25) is 5.02 Å². The Hall–Kier alpha value is -3.87. The highest BCUT2D eigenvalue weighted by atomic mass is 35.5. The van der Waals surface area contributed by atoms with Gasteiger partial charge in [-0.2, -0.15) is 18.0 Å². The smallest absolute Gasteiger partial charge is 0.353 e. The van der Waals surface area contributed by atoms with Crippen LogP contribution in [0.25, 0.3) is 10.9 Å². The molecule has 238 valence electrons. The molecule has 2 fully saturated rings. The van der Waals surface area contributed by atoms with Crippen molar-refractivity contribution in [2.75, 3.05) is 16.3 Å². The Balaban J connectivity index is 1.41. The maximum Gasteiger partial charge on any atom is 0.416 e. The Bertz CT molecular complexity index is 1710. The number of tetrazole rings is 1. The second-order valence-electron chi connectivity index (χ2n) is 11.9. The van der Waals surface area contributed by atoms with Crippen molar-refractivity contribution in [1.29, 1.82) is 0 Å². The summed E-state index contributed by atoms with van der Waals surface area (Å²) in [5.74, 6) is -0.868. The van der Waals surface area contributed by atoms with Gasteiger partial charge in [0.05, 0.1) is 18.1 Å². The zero-order valence-electron chi connectivity index (χ0n) is 24.4. The summed E-state index contributed by atoms with van der Waals surface area (Å²) in [6.07, 6.45) is 1.72. The highest BCUT2D eigenvalue weighted by Crippen LogP contribution is 2.40. The minimum atomic E-state index is -4.60. The SMILES string of the molecule is Cn1nnc(N(Cc2cc(Cl)cc(C(F)(F)F)c2)Cc2cc3cc(F)c(F)cc3nc2N2CCC[C@@H]2C2CCC(C=O)CC2)n1. The zero-order chi connectivity index (χ0) is 31.9. The number of alkyl halides is 3. The number of pyridine rings is 1. The molecule has 2 aromatic carbocycles. The molecular formula is C31H31ClF5N7O. The van der Waals surface area contributed by atoms with Crippen LogP contribution >= 0.6 is 11.6 Å². The van der Waals surface area contributed by atoms with Gasteiger partial charge in [0.15, 0.2) is 11.6 Å². The number of hydrogen-bond acceptors (Lipinski definition) is 7. The Morgan fingerprint density at radius 1 is 1.00 bits per heavy atom. The lowest BCUT2D eigenvalue weighted by Gasteiger charge is -2.37. The van der Waals surface area contributed by atoms with Crippen LogP contribution < -0.4 is 9.80 Å². The van der Waals surface area contributed by atoms with Crippen LogP contribution in [0.15, 0.2) is 36.4 Å². The monoisotopic (exact) mass is 647 g/mol. The van der Waals surface area contributed by atoms with E-state index in [0.29, 0.717) is 29.2 Å². The molecule has 0 bridgehead atoms. The molecule has 0 amide bonds. The van der Waals surface area contributed by atoms with Gasteiger partial charge in [-0.05, 0) is 85.6 Å². The van der Waals surface area contributed by atoms with Crippen LogP contribution in [-0.2, 0) is 31.1 Å². The van der Waals surface area contributed by atoms with Gasteiger partial charge in [-0.25, -0.2) is 13.8 Å². The van der Waals surface area contributed by atoms with E-state index in [1.165, 1.54) is 10.9 Å². The van der Waals surface area contributed by atoms with Crippen molar-refractivity contribution < 1.29 is 26.7 Å². The van der Waals surface area contributed by atoms with Gasteiger partial charge in [0, 0.05) is 53.6 Å². The topological polar surface area (TPSA) is 80.0 Å². The molecule has 8 nitrogen and oxygen atoms in total. The molecule has 2 aromatic heterocycles. The maximum absolute atomic E-state index is 14.4. The summed E-state index contributed by atoms with van der Waals surface area (Å²) in [4.78, 5) is 21.3. The van der Waals surface area contributed by atoms with Crippen molar-refractivity contribution in [3.05, 3.63) is 69.7 Å². The van der Waals surface area contributed by atoms with Crippen LogP contribution in [-0.4, -0.2) is 44.1 Å². The fourth-order valence-corrected chi connectivity index (χ4v) is 6.97. The minimum Gasteiger partial charge on any atom is -0.353 e. The average Bonchev–Trinajstić information content (AvgIpc) is 3.66. The summed E-state index contributed by atoms with van der Waals surface area (Å²) in [5, 5.41) is 12.7. The van der Waals surface area contributed by atoms with Crippen LogP contribution in [0, 0.1) is 23.5 Å². The first kappa shape index (κ1) is 31.1. The molecule has 45 heavy (non-hydrogen) atoms. The van der Waals surface area contributed by atoms with Crippen molar-refractivity contribution in [3.63, 3.8) is 0 Å². The second-order valence-corrected chi connectivity index (χ2v) is 12.4. The van der Waals surface area contributed by atoms with Gasteiger partial charge in [0.2, 0.25) is 0 Å². The minimum absolute atomic E-state index is 0.0519. The first-order chi connectivity index (χ1) is 21.5. The number of aromatic nitrogens is 5. The molecule has 1 atom stereocenters. The number of anilines is 2. The Morgan fingerprint density at radius 3 is 2.44 bits per heavy atom. The highest BCUT2D eigenvalue weighted by Gasteiger charge is 2.36. The first-order valence-electron chi connectivity index (χ1n) is 14.8. The summed E-state index contributed by atoms with van der Waals surface area (Å²) in [6, 6.07) is 7.38. The molecule has 0 spiro atoms. The molecule has 14 heteroatoms. The fourth-order valence-electron chi connectivity index (χ4n) is 6.71. The molecule has 1 saturated heterocycles. The van der Waals surface area contributed by atoms with Crippen molar-refractivity contribution in [2.45, 2.75) is 63.8 Å². The molecule has 1 aliphatic carbocycles. The number of fused-ring (bicyclic) bond motifs is 1. The molecule has 3 heterocycles. The quantitative estimate of drug-likeness (QED) is 0.152. The van der Waals surface area contributed by atoms with Gasteiger partial charge in [0.1, 0.15) is 12.1 Å². The molecule has 1 saturated carbocycles. The summed E-state index contributed by atoms with van der Waals surface area (Å²) in [7, 11) is 1.57. The predicted octanol–water partition coefficient (Wildman–Crippen LogP) is 6.89. The normalized spacial score (nSPS) is 20.6. The van der Waals surface area contributed by atoms with Crippen LogP contribution in [0.5, 0.6) is 0 Å². The van der Waals surface area contributed by atoms with Gasteiger partial charge < -0.3 is 14.6 Å². The second kappa shape index (κ2) is 12.5. The zero-order valence-corrected chi connectivity index (χ0v) is 25.2. The third-order valence-electron chi connectivity index (χ3n) is 8.84. The summed E-state index contributed by atoms with van der Waals surface area (Å²) in [5.41, 5.74) is 0.327. The van der Waals surface area contributed by atoms with Crippen molar-refractivity contribution in [3.8, 4) is 0 Å². The Morgan fingerprint density at radius 2 is 1.76 bits per heavy atom. The highest BCUT2D eigenvalue weighted by molar-refractivity contribution is 6.30. The third kappa shape index (κ3) is 6.73. The number of aldehydes is 1. The Labute approximate surface area is 261 Å². The largest absolute Gasteiger partial charge is 0.416 e. The maximum atomic E-state index is 14.4. The lowest BCUT2D eigenvalue weighted by molar-refractivity contribution is -0.137. The summed E-state index contributed by atoms with van der Waals surface area (Å²) >= 11 is 6.09. The van der Waals surface area contributed by atoms with Gasteiger partial charge in [-0.1, -0.05) is 16.7 Å². The van der Waals surface area contributed by atoms with E-state index < -0.39 is 23.4 Å². The summed E-state index contributed by atoms with van der Waals surface area (Å²) in [6.45, 7) is 0.724. The van der Waals surface area contributed by atoms with Crippen LogP contribution in [0.1, 0.15) is 55.2 Å². The van der Waals surface area contributed by atoms with E-state index in [9.17, 15) is 26.7 Å². The lowest BCUT2D eigenvalue weighted by atomic mass is 9.78. The number of rotatable bonds is 8. The van der Waals surface area contributed by atoms with Crippen LogP contribution in [0.3, 0.4) is 0 Å². The number of carbonyl (C=O) groups is 1. The number of carbonyl (C=O) groups excluding carboxylic acids is 1. The number of nitrogens with zero attached hydrogens (tertiary/aromatic N) is 7. The third-order valence-corrected chi connectivity index (χ3v) is 9.06. The lowest BCUT2D eigenvalue weighted by Crippen LogP contribution is -2.39. The molecule has 0 N–H and O–H groups in total. The molecule has 1 aliphatic heterocycles. The van der Waals surface area contributed by atoms with E-state index in [1.807, 2.05) is 0 Å². The molecule has 0 radical (unpaired) electrons. The van der Waals surface area contributed by atoms with Gasteiger partial charge in [-0.15, -0.1) is 5.10 Å². The Kier molecular flexibility index (Phi) is 8.64. The fraction of sp³-hybridized carbons (Fsp3) is 0.452. The van der Waals surface area contributed by atoms with E-state index in [1.54, 1.807) is 18.0 Å². The van der Waals surface area contributed by atoms with Gasteiger partial charge >= 0.3 is 6.18 Å². The molecule has 2 aliphatic rings. The van der Waals surface area contributed by atoms with Crippen molar-refractivity contribution in [1.82, 2.24) is 25.2 Å². The summed E-state index contributed by atoms with van der Waals surface area (Å²) < 4.78 is 69.6. The van der Waals surface area contributed by atoms with E-state index in [4.69, 9.17) is 16.6 Å². The predicted molar refractivity (Wildman–Crippen MR) is 159 cm³/mol. The number of hydrogen-bond donors (Lipinski definition) is 0. The van der Waals surface area contributed by atoms with Gasteiger partial charge in [-0.3, -0.25) is 0 Å². The van der Waals surface area contributed by atoms with E-state index in [-0.39, 0.29) is 47.1 Å². The number of aryl methyl sites for hydroxylation is 1. The number of benzene rings is 2. The van der Waals surface area contributed by atoms with E-state index in [0.717, 1.165) is 69.1 Å². The van der Waals surface area contributed by atoms with Crippen molar-refractivity contribution in [2.24, 2.45) is 18.9 Å². The first-order valence-corrected chi connectivity index (χ1v) is 15.2. The average molecular weight is 648 g/mol. The molecular weight excluding hydrogens is 617 g/mol. The van der Waals surface area contributed by atoms with E-state index in [2.05, 4.69) is 20.3 Å². The molecule has 0 unspecified atom stereocenters. The molecule has 4 aromatic rings. The van der Waals surface area contributed by atoms with Gasteiger partial charge in [0.25, 0.3) is 5.95 Å². The standard InChI is InChI=1S/C31H31ClF5N7O/c1-42-40-30(39-41-42)43(15-19-9-23(31(35,36)37)13-24(32)10-19)16-22-11-21-12-25(33)26(34)14-27(21)38-29(22)44-8-2-3-28(44)20-6-4-18(17-45)5-7-20/h9-14,17-18,20,28H,2-8,15-16H2,1H3/t18?,20?,28-/m1/s1. The van der Waals surface area contributed by atoms with E-state index >= 15 is 0 Å². The number of halogens is 6. The molecule has 6 rings (SSSR count). The van der Waals surface area contributed by atoms with Crippen molar-refractivity contribution >= 4 is 40.6 Å².